The number of carbonyl (C=O) groups is 2. The van der Waals surface area contributed by atoms with Gasteiger partial charge in [-0.15, -0.1) is 5.10 Å². The first-order chi connectivity index (χ1) is 14.2. The zero-order valence-electron chi connectivity index (χ0n) is 16.1. The largest absolute Gasteiger partial charge is 0.416 e. The molecule has 2 atom stereocenters. The Kier molecular flexibility index (Phi) is 6.20. The third-order valence-corrected chi connectivity index (χ3v) is 4.78. The highest BCUT2D eigenvalue weighted by atomic mass is 19.4. The topological polar surface area (TPSA) is 89.4 Å². The van der Waals surface area contributed by atoms with E-state index in [1.54, 1.807) is 0 Å². The van der Waals surface area contributed by atoms with Gasteiger partial charge >= 0.3 is 6.18 Å². The monoisotopic (exact) mass is 423 g/mol. The highest BCUT2D eigenvalue weighted by Crippen LogP contribution is 2.30. The number of aromatic nitrogens is 3. The zero-order chi connectivity index (χ0) is 21.9. The van der Waals surface area contributed by atoms with E-state index in [0.717, 1.165) is 12.1 Å². The van der Waals surface area contributed by atoms with Crippen molar-refractivity contribution in [3.63, 3.8) is 0 Å². The fraction of sp³-hybridized carbons (Fsp3) is 0.368. The van der Waals surface area contributed by atoms with E-state index in [4.69, 9.17) is 4.74 Å². The molecule has 1 saturated heterocycles. The summed E-state index contributed by atoms with van der Waals surface area (Å²) in [5.74, 6) is -0.687. The molecule has 0 spiro atoms. The van der Waals surface area contributed by atoms with Gasteiger partial charge in [-0.05, 0) is 23.8 Å². The molecular formula is C19H20F3N5O3. The van der Waals surface area contributed by atoms with E-state index in [2.05, 4.69) is 22.2 Å². The number of alkyl halides is 3. The summed E-state index contributed by atoms with van der Waals surface area (Å²) in [6, 6.07) is 4.25. The van der Waals surface area contributed by atoms with Crippen LogP contribution in [0.1, 0.15) is 27.7 Å². The summed E-state index contributed by atoms with van der Waals surface area (Å²) in [5, 5.41) is 10.2. The summed E-state index contributed by atoms with van der Waals surface area (Å²) in [6.07, 6.45) is -2.26. The second-order valence-electron chi connectivity index (χ2n) is 6.72. The van der Waals surface area contributed by atoms with Crippen LogP contribution in [0.25, 0.3) is 0 Å². The number of ether oxygens (including phenoxy) is 1. The molecule has 1 aliphatic rings. The minimum absolute atomic E-state index is 0.0480. The third kappa shape index (κ3) is 4.67. The molecule has 2 amide bonds. The molecule has 30 heavy (non-hydrogen) atoms. The number of benzene rings is 1. The first kappa shape index (κ1) is 21.5. The van der Waals surface area contributed by atoms with Crippen LogP contribution in [0.4, 0.5) is 13.2 Å². The maximum absolute atomic E-state index is 12.7. The molecule has 1 aromatic carbocycles. The van der Waals surface area contributed by atoms with Gasteiger partial charge in [-0.3, -0.25) is 9.59 Å². The first-order valence-electron chi connectivity index (χ1n) is 9.06. The Bertz CT molecular complexity index is 926. The van der Waals surface area contributed by atoms with E-state index in [0.29, 0.717) is 5.56 Å². The van der Waals surface area contributed by atoms with Crippen LogP contribution in [-0.2, 0) is 22.3 Å². The summed E-state index contributed by atoms with van der Waals surface area (Å²) in [4.78, 5) is 25.3. The Morgan fingerprint density at radius 2 is 2.00 bits per heavy atom. The van der Waals surface area contributed by atoms with Crippen LogP contribution in [0.15, 0.2) is 43.1 Å². The van der Waals surface area contributed by atoms with Crippen LogP contribution in [0.2, 0.25) is 0 Å². The molecule has 160 valence electrons. The van der Waals surface area contributed by atoms with Crippen molar-refractivity contribution in [3.05, 3.63) is 59.9 Å². The maximum Gasteiger partial charge on any atom is 0.416 e. The number of hydrogen-bond donors (Lipinski definition) is 1. The quantitative estimate of drug-likeness (QED) is 0.716. The molecule has 2 heterocycles. The Labute approximate surface area is 170 Å². The van der Waals surface area contributed by atoms with Crippen molar-refractivity contribution in [2.75, 3.05) is 20.1 Å². The van der Waals surface area contributed by atoms with Gasteiger partial charge in [0.1, 0.15) is 0 Å². The molecule has 1 N–H and O–H groups in total. The molecule has 1 aromatic heterocycles. The summed E-state index contributed by atoms with van der Waals surface area (Å²) >= 11 is 0. The van der Waals surface area contributed by atoms with Gasteiger partial charge in [0.05, 0.1) is 30.5 Å². The molecule has 0 saturated carbocycles. The van der Waals surface area contributed by atoms with Gasteiger partial charge in [0.25, 0.3) is 5.91 Å². The number of hydrogen-bond acceptors (Lipinski definition) is 5. The van der Waals surface area contributed by atoms with Crippen molar-refractivity contribution in [1.29, 1.82) is 0 Å². The van der Waals surface area contributed by atoms with Crippen LogP contribution in [-0.4, -0.2) is 57.9 Å². The van der Waals surface area contributed by atoms with Crippen molar-refractivity contribution in [2.24, 2.45) is 0 Å². The molecular weight excluding hydrogens is 403 g/mol. The van der Waals surface area contributed by atoms with Gasteiger partial charge in [-0.1, -0.05) is 23.9 Å². The van der Waals surface area contributed by atoms with Crippen LogP contribution in [0.5, 0.6) is 0 Å². The average Bonchev–Trinajstić information content (AvgIpc) is 3.38. The minimum Gasteiger partial charge on any atom is -0.369 e. The number of amides is 2. The van der Waals surface area contributed by atoms with Crippen molar-refractivity contribution in [1.82, 2.24) is 25.2 Å². The highest BCUT2D eigenvalue weighted by Gasteiger charge is 2.37. The number of halogens is 3. The van der Waals surface area contributed by atoms with Gasteiger partial charge in [0.2, 0.25) is 5.91 Å². The van der Waals surface area contributed by atoms with Crippen molar-refractivity contribution in [3.8, 4) is 0 Å². The second-order valence-corrected chi connectivity index (χ2v) is 6.72. The maximum atomic E-state index is 12.7. The van der Waals surface area contributed by atoms with Crippen LogP contribution in [0, 0.1) is 0 Å². The lowest BCUT2D eigenvalue weighted by atomic mass is 10.1. The van der Waals surface area contributed by atoms with Gasteiger partial charge in [-0.2, -0.15) is 13.2 Å². The molecule has 11 heteroatoms. The molecule has 1 aliphatic heterocycles. The molecule has 0 bridgehead atoms. The average molecular weight is 423 g/mol. The fourth-order valence-corrected chi connectivity index (χ4v) is 3.15. The lowest BCUT2D eigenvalue weighted by Gasteiger charge is -2.18. The number of nitrogens with zero attached hydrogens (tertiary/aromatic N) is 4. The van der Waals surface area contributed by atoms with Gasteiger partial charge < -0.3 is 15.0 Å². The molecule has 1 fully saturated rings. The number of rotatable bonds is 6. The number of nitrogens with one attached hydrogen (secondary N) is 1. The normalized spacial score (nSPS) is 19.0. The summed E-state index contributed by atoms with van der Waals surface area (Å²) in [5.41, 5.74) is -0.0653. The number of likely N-dealkylation sites (tertiary alicyclic amines) is 1. The standard InChI is InChI=1S/C19H20F3N5O3/c1-3-17(28)26-9-15(27-8-14(24-25-27)18(29)23-2)16(10-26)30-11-12-4-6-13(7-5-12)19(20,21)22/h3-8,15-16H,1,9-11H2,2H3,(H,23,29). The highest BCUT2D eigenvalue weighted by molar-refractivity contribution is 5.91. The Hall–Kier alpha value is -3.21. The molecule has 2 aromatic rings. The first-order valence-corrected chi connectivity index (χ1v) is 9.06. The Morgan fingerprint density at radius 3 is 2.60 bits per heavy atom. The molecule has 8 nitrogen and oxygen atoms in total. The van der Waals surface area contributed by atoms with Crippen molar-refractivity contribution < 1.29 is 27.5 Å². The van der Waals surface area contributed by atoms with Crippen molar-refractivity contribution >= 4 is 11.8 Å². The lowest BCUT2D eigenvalue weighted by molar-refractivity contribution is -0.137. The predicted molar refractivity (Wildman–Crippen MR) is 99.2 cm³/mol. The summed E-state index contributed by atoms with van der Waals surface area (Å²) in [6.45, 7) is 4.03. The second kappa shape index (κ2) is 8.66. The Morgan fingerprint density at radius 1 is 1.30 bits per heavy atom. The van der Waals surface area contributed by atoms with Crippen LogP contribution < -0.4 is 5.32 Å². The van der Waals surface area contributed by atoms with E-state index in [9.17, 15) is 22.8 Å². The molecule has 0 radical (unpaired) electrons. The van der Waals surface area contributed by atoms with E-state index in [-0.39, 0.29) is 31.3 Å². The van der Waals surface area contributed by atoms with Gasteiger partial charge in [0, 0.05) is 20.1 Å². The SMILES string of the molecule is C=CC(=O)N1CC(OCc2ccc(C(F)(F)F)cc2)C(n2cc(C(=O)NC)nn2)C1. The minimum atomic E-state index is -4.41. The van der Waals surface area contributed by atoms with Crippen LogP contribution >= 0.6 is 0 Å². The van der Waals surface area contributed by atoms with E-state index >= 15 is 0 Å². The van der Waals surface area contributed by atoms with Crippen LogP contribution in [0.3, 0.4) is 0 Å². The van der Waals surface area contributed by atoms with Gasteiger partial charge in [-0.25, -0.2) is 4.68 Å². The Balaban J connectivity index is 1.74. The summed E-state index contributed by atoms with van der Waals surface area (Å²) in [7, 11) is 1.47. The summed E-state index contributed by atoms with van der Waals surface area (Å²) < 4.78 is 45.5. The van der Waals surface area contributed by atoms with E-state index in [1.165, 1.54) is 41.0 Å². The predicted octanol–water partition coefficient (Wildman–Crippen LogP) is 1.81. The van der Waals surface area contributed by atoms with E-state index < -0.39 is 29.8 Å². The lowest BCUT2D eigenvalue weighted by Crippen LogP contribution is -2.28. The molecule has 0 aliphatic carbocycles. The zero-order valence-corrected chi connectivity index (χ0v) is 16.1. The smallest absolute Gasteiger partial charge is 0.369 e. The van der Waals surface area contributed by atoms with E-state index in [1.807, 2.05) is 0 Å². The van der Waals surface area contributed by atoms with Gasteiger partial charge in [0.15, 0.2) is 5.69 Å². The third-order valence-electron chi connectivity index (χ3n) is 4.78. The number of carbonyl (C=O) groups excluding carboxylic acids is 2. The molecule has 3 rings (SSSR count). The van der Waals surface area contributed by atoms with Crippen molar-refractivity contribution in [2.45, 2.75) is 24.9 Å². The fourth-order valence-electron chi connectivity index (χ4n) is 3.15. The molecule has 2 unspecified atom stereocenters.